The van der Waals surface area contributed by atoms with E-state index in [0.29, 0.717) is 11.5 Å². The fraction of sp³-hybridized carbons (Fsp3) is 0.300. The third kappa shape index (κ3) is 1.42. The molecule has 0 saturated heterocycles. The van der Waals surface area contributed by atoms with Crippen molar-refractivity contribution in [2.45, 2.75) is 18.8 Å². The molecule has 0 bridgehead atoms. The van der Waals surface area contributed by atoms with E-state index in [-0.39, 0.29) is 11.5 Å². The van der Waals surface area contributed by atoms with Crippen molar-refractivity contribution in [1.29, 1.82) is 0 Å². The Hall–Kier alpha value is -1.69. The van der Waals surface area contributed by atoms with E-state index in [1.165, 1.54) is 11.3 Å². The number of hydrogen-bond donors (Lipinski definition) is 1. The molecule has 0 atom stereocenters. The van der Waals surface area contributed by atoms with Gasteiger partial charge in [0.25, 0.3) is 0 Å². The maximum atomic E-state index is 11.2. The first-order chi connectivity index (χ1) is 7.77. The molecule has 1 fully saturated rings. The van der Waals surface area contributed by atoms with Crippen LogP contribution in [0.5, 0.6) is 0 Å². The lowest BCUT2D eigenvalue weighted by Gasteiger charge is -1.94. The first kappa shape index (κ1) is 9.53. The maximum Gasteiger partial charge on any atom is 0.341 e. The predicted molar refractivity (Wildman–Crippen MR) is 56.5 cm³/mol. The van der Waals surface area contributed by atoms with Crippen LogP contribution >= 0.6 is 11.3 Å². The van der Waals surface area contributed by atoms with Gasteiger partial charge in [-0.15, -0.1) is 11.3 Å². The molecule has 2 heterocycles. The van der Waals surface area contributed by atoms with E-state index in [1.807, 2.05) is 0 Å². The molecule has 1 aliphatic rings. The van der Waals surface area contributed by atoms with Crippen molar-refractivity contribution in [1.82, 2.24) is 10.1 Å². The second-order valence-electron chi connectivity index (χ2n) is 3.72. The lowest BCUT2D eigenvalue weighted by molar-refractivity contribution is 0.0695. The van der Waals surface area contributed by atoms with Crippen molar-refractivity contribution in [3.63, 3.8) is 0 Å². The Labute approximate surface area is 94.7 Å². The van der Waals surface area contributed by atoms with Gasteiger partial charge in [0.2, 0.25) is 0 Å². The molecule has 1 N–H and O–H groups in total. The standard InChI is InChI=1S/C10H8N2O3S/c13-10(14)7-8(6-3-11-4-16-6)12-15-9(7)5-1-2-5/h3-5H,1-2H2,(H,13,14). The van der Waals surface area contributed by atoms with Gasteiger partial charge in [-0.05, 0) is 12.8 Å². The lowest BCUT2D eigenvalue weighted by Crippen LogP contribution is -2.00. The molecule has 1 saturated carbocycles. The number of carbonyl (C=O) groups is 1. The summed E-state index contributed by atoms with van der Waals surface area (Å²) in [5.74, 6) is -0.234. The minimum Gasteiger partial charge on any atom is -0.477 e. The number of thiazole rings is 1. The first-order valence-electron chi connectivity index (χ1n) is 4.89. The summed E-state index contributed by atoms with van der Waals surface area (Å²) >= 11 is 1.36. The lowest BCUT2D eigenvalue weighted by atomic mass is 10.1. The summed E-state index contributed by atoms with van der Waals surface area (Å²) in [4.78, 5) is 15.9. The summed E-state index contributed by atoms with van der Waals surface area (Å²) < 4.78 is 5.15. The van der Waals surface area contributed by atoms with E-state index >= 15 is 0 Å². The average molecular weight is 236 g/mol. The molecule has 3 rings (SSSR count). The zero-order valence-corrected chi connectivity index (χ0v) is 9.03. The molecule has 16 heavy (non-hydrogen) atoms. The fourth-order valence-electron chi connectivity index (χ4n) is 1.63. The van der Waals surface area contributed by atoms with Crippen molar-refractivity contribution >= 4 is 17.3 Å². The largest absolute Gasteiger partial charge is 0.477 e. The molecule has 0 spiro atoms. The topological polar surface area (TPSA) is 76.2 Å². The quantitative estimate of drug-likeness (QED) is 0.885. The molecule has 82 valence electrons. The zero-order chi connectivity index (χ0) is 11.1. The number of hydrogen-bond acceptors (Lipinski definition) is 5. The maximum absolute atomic E-state index is 11.2. The van der Waals surface area contributed by atoms with Crippen molar-refractivity contribution in [2.75, 3.05) is 0 Å². The third-order valence-electron chi connectivity index (χ3n) is 2.55. The van der Waals surface area contributed by atoms with Crippen molar-refractivity contribution in [3.05, 3.63) is 23.0 Å². The van der Waals surface area contributed by atoms with Crippen LogP contribution in [0.25, 0.3) is 10.6 Å². The van der Waals surface area contributed by atoms with E-state index in [9.17, 15) is 9.90 Å². The number of rotatable bonds is 3. The van der Waals surface area contributed by atoms with Gasteiger partial charge in [0.05, 0.1) is 10.4 Å². The highest BCUT2D eigenvalue weighted by Crippen LogP contribution is 2.44. The normalized spacial score (nSPS) is 15.2. The summed E-state index contributed by atoms with van der Waals surface area (Å²) in [6.45, 7) is 0. The summed E-state index contributed by atoms with van der Waals surface area (Å²) in [6, 6.07) is 0. The van der Waals surface area contributed by atoms with Crippen LogP contribution in [-0.4, -0.2) is 21.2 Å². The molecular formula is C10H8N2O3S. The molecule has 0 radical (unpaired) electrons. The van der Waals surface area contributed by atoms with Crippen LogP contribution in [0.2, 0.25) is 0 Å². The van der Waals surface area contributed by atoms with Crippen LogP contribution in [0.3, 0.4) is 0 Å². The smallest absolute Gasteiger partial charge is 0.341 e. The monoisotopic (exact) mass is 236 g/mol. The summed E-state index contributed by atoms with van der Waals surface area (Å²) in [6.07, 6.45) is 3.57. The van der Waals surface area contributed by atoms with Crippen LogP contribution in [0.15, 0.2) is 16.2 Å². The molecule has 0 amide bonds. The molecule has 2 aromatic heterocycles. The Morgan fingerprint density at radius 3 is 2.94 bits per heavy atom. The number of carboxylic acids is 1. The first-order valence-corrected chi connectivity index (χ1v) is 5.77. The van der Waals surface area contributed by atoms with Gasteiger partial charge in [-0.25, -0.2) is 4.79 Å². The Morgan fingerprint density at radius 1 is 1.56 bits per heavy atom. The Bertz CT molecular complexity index is 528. The van der Waals surface area contributed by atoms with E-state index in [0.717, 1.165) is 17.7 Å². The third-order valence-corrected chi connectivity index (χ3v) is 3.33. The minimum absolute atomic E-state index is 0.201. The van der Waals surface area contributed by atoms with Crippen LogP contribution in [-0.2, 0) is 0 Å². The van der Waals surface area contributed by atoms with E-state index in [4.69, 9.17) is 4.52 Å². The highest BCUT2D eigenvalue weighted by Gasteiger charge is 2.35. The van der Waals surface area contributed by atoms with Gasteiger partial charge in [-0.1, -0.05) is 5.16 Å². The second-order valence-corrected chi connectivity index (χ2v) is 4.60. The SMILES string of the molecule is O=C(O)c1c(-c2cncs2)noc1C1CC1. The van der Waals surface area contributed by atoms with Crippen molar-refractivity contribution in [2.24, 2.45) is 0 Å². The van der Waals surface area contributed by atoms with Gasteiger partial charge in [0.15, 0.2) is 5.76 Å². The Kier molecular flexibility index (Phi) is 2.03. The summed E-state index contributed by atoms with van der Waals surface area (Å²) in [5.41, 5.74) is 2.25. The number of aromatic nitrogens is 2. The van der Waals surface area contributed by atoms with E-state index in [1.54, 1.807) is 11.7 Å². The minimum atomic E-state index is -0.980. The van der Waals surface area contributed by atoms with E-state index in [2.05, 4.69) is 10.1 Å². The summed E-state index contributed by atoms with van der Waals surface area (Å²) in [5, 5.41) is 13.1. The molecule has 0 unspecified atom stereocenters. The molecule has 5 nitrogen and oxygen atoms in total. The zero-order valence-electron chi connectivity index (χ0n) is 8.21. The predicted octanol–water partition coefficient (Wildman–Crippen LogP) is 2.37. The average Bonchev–Trinajstić information content (AvgIpc) is 2.83. The molecule has 2 aromatic rings. The molecule has 6 heteroatoms. The van der Waals surface area contributed by atoms with Crippen LogP contribution < -0.4 is 0 Å². The molecular weight excluding hydrogens is 228 g/mol. The highest BCUT2D eigenvalue weighted by atomic mass is 32.1. The van der Waals surface area contributed by atoms with Crippen molar-refractivity contribution in [3.8, 4) is 10.6 Å². The Balaban J connectivity index is 2.14. The number of aromatic carboxylic acids is 1. The van der Waals surface area contributed by atoms with Crippen LogP contribution in [0.4, 0.5) is 0 Å². The van der Waals surface area contributed by atoms with Gasteiger partial charge < -0.3 is 9.63 Å². The Morgan fingerprint density at radius 2 is 2.38 bits per heavy atom. The van der Waals surface area contributed by atoms with Gasteiger partial charge in [-0.2, -0.15) is 0 Å². The molecule has 0 aromatic carbocycles. The van der Waals surface area contributed by atoms with Gasteiger partial charge in [-0.3, -0.25) is 4.98 Å². The van der Waals surface area contributed by atoms with Gasteiger partial charge >= 0.3 is 5.97 Å². The van der Waals surface area contributed by atoms with Crippen molar-refractivity contribution < 1.29 is 14.4 Å². The summed E-state index contributed by atoms with van der Waals surface area (Å²) in [7, 11) is 0. The van der Waals surface area contributed by atoms with Crippen LogP contribution in [0, 0.1) is 0 Å². The molecule has 1 aliphatic carbocycles. The molecule has 0 aliphatic heterocycles. The second kappa shape index (κ2) is 3.41. The number of nitrogens with zero attached hydrogens (tertiary/aromatic N) is 2. The van der Waals surface area contributed by atoms with Gasteiger partial charge in [0.1, 0.15) is 11.3 Å². The van der Waals surface area contributed by atoms with Crippen LogP contribution in [0.1, 0.15) is 34.9 Å². The number of carboxylic acid groups (broad SMARTS) is 1. The fourth-order valence-corrected chi connectivity index (χ4v) is 2.24. The van der Waals surface area contributed by atoms with E-state index < -0.39 is 5.97 Å². The van der Waals surface area contributed by atoms with Gasteiger partial charge in [0, 0.05) is 12.1 Å². The highest BCUT2D eigenvalue weighted by molar-refractivity contribution is 7.13.